The van der Waals surface area contributed by atoms with E-state index in [9.17, 15) is 28.2 Å². The fraction of sp³-hybridized carbons (Fsp3) is 0.588. The fourth-order valence-corrected chi connectivity index (χ4v) is 2.85. The van der Waals surface area contributed by atoms with Gasteiger partial charge in [-0.05, 0) is 38.5 Å². The van der Waals surface area contributed by atoms with Gasteiger partial charge in [-0.15, -0.1) is 0 Å². The Balaban J connectivity index is 2.23. The Bertz CT molecular complexity index is 624. The maximum Gasteiger partial charge on any atom is 0.416 e. The molecule has 2 rings (SSSR count). The average Bonchev–Trinajstić information content (AvgIpc) is 2.83. The molecule has 0 spiro atoms. The molecule has 1 aliphatic heterocycles. The molecule has 1 saturated heterocycles. The highest BCUT2D eigenvalue weighted by molar-refractivity contribution is 5.69. The van der Waals surface area contributed by atoms with Gasteiger partial charge in [0.2, 0.25) is 0 Å². The van der Waals surface area contributed by atoms with Crippen LogP contribution in [0.1, 0.15) is 38.3 Å². The van der Waals surface area contributed by atoms with Gasteiger partial charge in [-0.1, -0.05) is 12.1 Å². The van der Waals surface area contributed by atoms with E-state index in [2.05, 4.69) is 0 Å². The molecule has 1 aliphatic rings. The van der Waals surface area contributed by atoms with Crippen LogP contribution in [0.3, 0.4) is 0 Å². The van der Waals surface area contributed by atoms with Gasteiger partial charge in [0.1, 0.15) is 11.2 Å². The second-order valence-corrected chi connectivity index (χ2v) is 7.26. The zero-order chi connectivity index (χ0) is 19.0. The number of hydrogen-bond acceptors (Lipinski definition) is 4. The number of aliphatic hydroxyl groups excluding tert-OH is 1. The van der Waals surface area contributed by atoms with Gasteiger partial charge in [0.25, 0.3) is 0 Å². The van der Waals surface area contributed by atoms with Crippen LogP contribution >= 0.6 is 0 Å². The number of rotatable bonds is 2. The molecule has 0 bridgehead atoms. The molecule has 5 nitrogen and oxygen atoms in total. The fourth-order valence-electron chi connectivity index (χ4n) is 2.85. The van der Waals surface area contributed by atoms with Crippen molar-refractivity contribution in [2.24, 2.45) is 0 Å². The summed E-state index contributed by atoms with van der Waals surface area (Å²) in [5.74, 6) is 0. The Hall–Kier alpha value is -1.80. The average molecular weight is 361 g/mol. The first-order chi connectivity index (χ1) is 11.4. The summed E-state index contributed by atoms with van der Waals surface area (Å²) in [7, 11) is 0. The summed E-state index contributed by atoms with van der Waals surface area (Å²) >= 11 is 0. The number of benzene rings is 1. The van der Waals surface area contributed by atoms with Gasteiger partial charge in [0, 0.05) is 6.42 Å². The van der Waals surface area contributed by atoms with Crippen LogP contribution in [0.25, 0.3) is 0 Å². The number of hydrogen-bond donors (Lipinski definition) is 2. The van der Waals surface area contributed by atoms with Crippen molar-refractivity contribution < 1.29 is 32.9 Å². The number of ether oxygens (including phenoxy) is 1. The summed E-state index contributed by atoms with van der Waals surface area (Å²) in [6, 6.07) is 3.47. The number of likely N-dealkylation sites (tertiary alicyclic amines) is 1. The van der Waals surface area contributed by atoms with E-state index in [4.69, 9.17) is 4.74 Å². The number of carbonyl (C=O) groups excluding carboxylic acids is 1. The number of aliphatic hydroxyl groups is 2. The third kappa shape index (κ3) is 4.43. The van der Waals surface area contributed by atoms with Gasteiger partial charge in [-0.2, -0.15) is 13.2 Å². The van der Waals surface area contributed by atoms with Crippen molar-refractivity contribution in [3.63, 3.8) is 0 Å². The number of β-amino-alcohol motifs (C(OH)–C–C–N with tert-alkyl or cyclic N) is 1. The lowest BCUT2D eigenvalue weighted by molar-refractivity contribution is -0.137. The van der Waals surface area contributed by atoms with Crippen LogP contribution in [0.5, 0.6) is 0 Å². The van der Waals surface area contributed by atoms with E-state index in [1.54, 1.807) is 20.8 Å². The van der Waals surface area contributed by atoms with E-state index < -0.39 is 35.1 Å². The zero-order valence-electron chi connectivity index (χ0n) is 14.3. The largest absolute Gasteiger partial charge is 0.444 e. The topological polar surface area (TPSA) is 70.0 Å². The van der Waals surface area contributed by atoms with Crippen molar-refractivity contribution in [1.29, 1.82) is 0 Å². The second kappa shape index (κ2) is 6.49. The summed E-state index contributed by atoms with van der Waals surface area (Å²) in [6.07, 6.45) is -5.14. The Labute approximate surface area is 144 Å². The molecular weight excluding hydrogens is 339 g/mol. The Morgan fingerprint density at radius 1 is 1.28 bits per heavy atom. The Morgan fingerprint density at radius 3 is 2.28 bits per heavy atom. The van der Waals surface area contributed by atoms with E-state index in [1.807, 2.05) is 0 Å². The van der Waals surface area contributed by atoms with Crippen molar-refractivity contribution >= 4 is 6.09 Å². The summed E-state index contributed by atoms with van der Waals surface area (Å²) in [4.78, 5) is 13.5. The zero-order valence-corrected chi connectivity index (χ0v) is 14.3. The molecule has 2 atom stereocenters. The molecule has 2 unspecified atom stereocenters. The van der Waals surface area contributed by atoms with Crippen LogP contribution in [0.4, 0.5) is 18.0 Å². The van der Waals surface area contributed by atoms with Crippen LogP contribution in [-0.4, -0.2) is 46.0 Å². The van der Waals surface area contributed by atoms with Gasteiger partial charge < -0.3 is 14.9 Å². The van der Waals surface area contributed by atoms with Crippen LogP contribution in [-0.2, 0) is 16.5 Å². The van der Waals surface area contributed by atoms with Crippen LogP contribution in [0, 0.1) is 0 Å². The van der Waals surface area contributed by atoms with Crippen LogP contribution < -0.4 is 0 Å². The molecule has 0 radical (unpaired) electrons. The smallest absolute Gasteiger partial charge is 0.416 e. The van der Waals surface area contributed by atoms with Gasteiger partial charge in [-0.25, -0.2) is 4.79 Å². The predicted octanol–water partition coefficient (Wildman–Crippen LogP) is 2.89. The van der Waals surface area contributed by atoms with Crippen molar-refractivity contribution in [2.45, 2.75) is 50.6 Å². The standard InChI is InChI=1S/C17H22F3NO4/c1-15(2,3)25-14(23)21-10-16(24,8-13(21)9-22)11-4-6-12(7-5-11)17(18,19)20/h4-7,13,22,24H,8-10H2,1-3H3. The summed E-state index contributed by atoms with van der Waals surface area (Å²) < 4.78 is 43.3. The first-order valence-corrected chi connectivity index (χ1v) is 7.86. The minimum atomic E-state index is -4.47. The first-order valence-electron chi connectivity index (χ1n) is 7.86. The molecule has 25 heavy (non-hydrogen) atoms. The predicted molar refractivity (Wildman–Crippen MR) is 83.8 cm³/mol. The monoisotopic (exact) mass is 361 g/mol. The minimum absolute atomic E-state index is 0.00804. The quantitative estimate of drug-likeness (QED) is 0.850. The van der Waals surface area contributed by atoms with Crippen molar-refractivity contribution in [3.8, 4) is 0 Å². The van der Waals surface area contributed by atoms with E-state index >= 15 is 0 Å². The van der Waals surface area contributed by atoms with E-state index in [1.165, 1.54) is 17.0 Å². The third-order valence-electron chi connectivity index (χ3n) is 4.03. The Morgan fingerprint density at radius 2 is 1.84 bits per heavy atom. The van der Waals surface area contributed by atoms with Crippen molar-refractivity contribution in [1.82, 2.24) is 4.90 Å². The number of carbonyl (C=O) groups is 1. The maximum atomic E-state index is 12.7. The van der Waals surface area contributed by atoms with Gasteiger partial charge in [0.15, 0.2) is 0 Å². The lowest BCUT2D eigenvalue weighted by Gasteiger charge is -2.28. The molecule has 1 aromatic carbocycles. The molecule has 0 saturated carbocycles. The van der Waals surface area contributed by atoms with Gasteiger partial charge >= 0.3 is 12.3 Å². The molecule has 1 heterocycles. The lowest BCUT2D eigenvalue weighted by Crippen LogP contribution is -2.42. The molecule has 1 aromatic rings. The highest BCUT2D eigenvalue weighted by Crippen LogP contribution is 2.38. The number of amides is 1. The molecule has 2 N–H and O–H groups in total. The lowest BCUT2D eigenvalue weighted by atomic mass is 9.90. The molecule has 1 fully saturated rings. The number of alkyl halides is 3. The summed E-state index contributed by atoms with van der Waals surface area (Å²) in [6.45, 7) is 4.52. The van der Waals surface area contributed by atoms with Crippen molar-refractivity contribution in [2.75, 3.05) is 13.2 Å². The maximum absolute atomic E-state index is 12.7. The SMILES string of the molecule is CC(C)(C)OC(=O)N1CC(O)(c2ccc(C(F)(F)F)cc2)CC1CO. The van der Waals surface area contributed by atoms with Crippen LogP contribution in [0.15, 0.2) is 24.3 Å². The molecule has 1 amide bonds. The highest BCUT2D eigenvalue weighted by atomic mass is 19.4. The molecule has 140 valence electrons. The highest BCUT2D eigenvalue weighted by Gasteiger charge is 2.47. The molecule has 0 aliphatic carbocycles. The minimum Gasteiger partial charge on any atom is -0.444 e. The van der Waals surface area contributed by atoms with Gasteiger partial charge in [-0.3, -0.25) is 4.90 Å². The van der Waals surface area contributed by atoms with E-state index in [0.717, 1.165) is 12.1 Å². The second-order valence-electron chi connectivity index (χ2n) is 7.26. The van der Waals surface area contributed by atoms with Crippen molar-refractivity contribution in [3.05, 3.63) is 35.4 Å². The first kappa shape index (κ1) is 19.5. The third-order valence-corrected chi connectivity index (χ3v) is 4.03. The molecule has 8 heteroatoms. The number of nitrogens with zero attached hydrogens (tertiary/aromatic N) is 1. The van der Waals surface area contributed by atoms with Gasteiger partial charge in [0.05, 0.1) is 24.8 Å². The van der Waals surface area contributed by atoms with Crippen LogP contribution in [0.2, 0.25) is 0 Å². The summed E-state index contributed by atoms with van der Waals surface area (Å²) in [5, 5.41) is 20.3. The normalized spacial score (nSPS) is 24.5. The molecular formula is C17H22F3NO4. The Kier molecular flexibility index (Phi) is 5.07. The van der Waals surface area contributed by atoms with E-state index in [0.29, 0.717) is 0 Å². The van der Waals surface area contributed by atoms with E-state index in [-0.39, 0.29) is 25.1 Å². The number of halogens is 3. The molecule has 0 aromatic heterocycles. The summed E-state index contributed by atoms with van der Waals surface area (Å²) in [5.41, 5.74) is -2.86.